The Morgan fingerprint density at radius 2 is 1.09 bits per heavy atom. The maximum absolute atomic E-state index is 13.8. The number of hydrogen-bond acceptors (Lipinski definition) is 6. The fourth-order valence-corrected chi connectivity index (χ4v) is 5.72. The summed E-state index contributed by atoms with van der Waals surface area (Å²) < 4.78 is 10.5. The molecule has 236 valence electrons. The van der Waals surface area contributed by atoms with Gasteiger partial charge in [-0.25, -0.2) is 9.59 Å². The van der Waals surface area contributed by atoms with Crippen molar-refractivity contribution in [2.45, 2.75) is 43.8 Å². The van der Waals surface area contributed by atoms with E-state index in [2.05, 4.69) is 28.1 Å². The van der Waals surface area contributed by atoms with Gasteiger partial charge in [0.25, 0.3) is 0 Å². The summed E-state index contributed by atoms with van der Waals surface area (Å²) in [5.41, 5.74) is 5.98. The molecule has 3 atom stereocenters. The summed E-state index contributed by atoms with van der Waals surface area (Å²) in [7, 11) is 1.23. The van der Waals surface area contributed by atoms with Gasteiger partial charge in [-0.15, -0.1) is 0 Å². The molecule has 1 aliphatic carbocycles. The van der Waals surface area contributed by atoms with Crippen LogP contribution in [-0.4, -0.2) is 55.7 Å². The highest BCUT2D eigenvalue weighted by molar-refractivity contribution is 5.93. The minimum absolute atomic E-state index is 0.0873. The lowest BCUT2D eigenvalue weighted by Crippen LogP contribution is -2.56. The van der Waals surface area contributed by atoms with Crippen molar-refractivity contribution in [2.24, 2.45) is 0 Å². The smallest absolute Gasteiger partial charge is 0.407 e. The van der Waals surface area contributed by atoms with Crippen molar-refractivity contribution in [3.63, 3.8) is 0 Å². The first kappa shape index (κ1) is 32.0. The van der Waals surface area contributed by atoms with Crippen molar-refractivity contribution in [3.05, 3.63) is 131 Å². The van der Waals surface area contributed by atoms with E-state index < -0.39 is 42.0 Å². The highest BCUT2D eigenvalue weighted by atomic mass is 16.5. The van der Waals surface area contributed by atoms with E-state index in [9.17, 15) is 19.2 Å². The molecule has 46 heavy (non-hydrogen) atoms. The zero-order chi connectivity index (χ0) is 32.5. The average molecular weight is 620 g/mol. The SMILES string of the molecule is COC(=O)[C@H](C)NC(=O)[C@H](Cc1ccccc1)NC(=O)[C@H](Cc1ccccc1)NC(=O)OCC1c2ccccc2-c2ccccc21. The Morgan fingerprint density at radius 3 is 1.61 bits per heavy atom. The number of ether oxygens (including phenoxy) is 2. The molecule has 0 spiro atoms. The van der Waals surface area contributed by atoms with E-state index in [4.69, 9.17) is 9.47 Å². The predicted molar refractivity (Wildman–Crippen MR) is 174 cm³/mol. The molecule has 0 aliphatic heterocycles. The van der Waals surface area contributed by atoms with Crippen LogP contribution in [0.3, 0.4) is 0 Å². The molecule has 0 bridgehead atoms. The normalized spacial score (nSPS) is 13.7. The molecule has 0 heterocycles. The standard InChI is InChI=1S/C37H37N3O6/c1-24(36(43)45-2)38-34(41)32(21-25-13-5-3-6-14-25)39-35(42)33(22-26-15-7-4-8-16-26)40-37(44)46-23-31-29-19-11-9-17-27(29)28-18-10-12-20-30(28)31/h3-20,24,31-33H,21-23H2,1-2H3,(H,38,41)(H,39,42)(H,40,44)/t24-,32-,33-/m0/s1. The Hall–Kier alpha value is -5.44. The van der Waals surface area contributed by atoms with Crippen molar-refractivity contribution in [2.75, 3.05) is 13.7 Å². The second-order valence-electron chi connectivity index (χ2n) is 11.2. The van der Waals surface area contributed by atoms with Crippen LogP contribution in [0.4, 0.5) is 4.79 Å². The number of carbonyl (C=O) groups is 4. The molecular formula is C37H37N3O6. The van der Waals surface area contributed by atoms with Gasteiger partial charge < -0.3 is 25.4 Å². The first-order valence-corrected chi connectivity index (χ1v) is 15.2. The molecule has 0 fully saturated rings. The molecule has 0 aromatic heterocycles. The largest absolute Gasteiger partial charge is 0.467 e. The van der Waals surface area contributed by atoms with Crippen LogP contribution in [0.25, 0.3) is 11.1 Å². The van der Waals surface area contributed by atoms with Gasteiger partial charge in [0.2, 0.25) is 11.8 Å². The number of rotatable bonds is 12. The summed E-state index contributed by atoms with van der Waals surface area (Å²) in [6.07, 6.45) is -0.425. The van der Waals surface area contributed by atoms with Crippen molar-refractivity contribution in [1.82, 2.24) is 16.0 Å². The van der Waals surface area contributed by atoms with Crippen molar-refractivity contribution in [3.8, 4) is 11.1 Å². The maximum atomic E-state index is 13.8. The topological polar surface area (TPSA) is 123 Å². The number of carbonyl (C=O) groups excluding carboxylic acids is 4. The Balaban J connectivity index is 1.31. The number of nitrogens with one attached hydrogen (secondary N) is 3. The number of benzene rings is 4. The van der Waals surface area contributed by atoms with E-state index in [0.717, 1.165) is 33.4 Å². The summed E-state index contributed by atoms with van der Waals surface area (Å²) in [6.45, 7) is 1.59. The number of esters is 1. The molecule has 4 aromatic rings. The van der Waals surface area contributed by atoms with Gasteiger partial charge in [0.05, 0.1) is 7.11 Å². The van der Waals surface area contributed by atoms with Gasteiger partial charge in [0, 0.05) is 18.8 Å². The van der Waals surface area contributed by atoms with Gasteiger partial charge in [-0.3, -0.25) is 9.59 Å². The summed E-state index contributed by atoms with van der Waals surface area (Å²) in [5, 5.41) is 8.15. The molecule has 0 radical (unpaired) electrons. The van der Waals surface area contributed by atoms with Gasteiger partial charge in [-0.05, 0) is 40.3 Å². The van der Waals surface area contributed by atoms with Crippen LogP contribution < -0.4 is 16.0 Å². The molecule has 0 saturated heterocycles. The number of amides is 3. The lowest BCUT2D eigenvalue weighted by molar-refractivity contribution is -0.144. The second kappa shape index (κ2) is 15.0. The molecule has 5 rings (SSSR count). The fraction of sp³-hybridized carbons (Fsp3) is 0.243. The maximum Gasteiger partial charge on any atom is 0.407 e. The summed E-state index contributed by atoms with van der Waals surface area (Å²) in [4.78, 5) is 52.4. The minimum Gasteiger partial charge on any atom is -0.467 e. The molecular weight excluding hydrogens is 582 g/mol. The van der Waals surface area contributed by atoms with E-state index in [1.54, 1.807) is 0 Å². The van der Waals surface area contributed by atoms with Crippen LogP contribution in [0.5, 0.6) is 0 Å². The molecule has 0 saturated carbocycles. The number of alkyl carbamates (subject to hydrolysis) is 1. The van der Waals surface area contributed by atoms with Gasteiger partial charge in [0.1, 0.15) is 24.7 Å². The van der Waals surface area contributed by atoms with Crippen LogP contribution in [-0.2, 0) is 36.7 Å². The van der Waals surface area contributed by atoms with Gasteiger partial charge in [-0.1, -0.05) is 109 Å². The molecule has 4 aromatic carbocycles. The highest BCUT2D eigenvalue weighted by Gasteiger charge is 2.32. The predicted octanol–water partition coefficient (Wildman–Crippen LogP) is 4.54. The van der Waals surface area contributed by atoms with Crippen molar-refractivity contribution < 1.29 is 28.7 Å². The van der Waals surface area contributed by atoms with E-state index in [0.29, 0.717) is 0 Å². The van der Waals surface area contributed by atoms with Crippen LogP contribution >= 0.6 is 0 Å². The first-order chi connectivity index (χ1) is 22.3. The third kappa shape index (κ3) is 7.79. The van der Waals surface area contributed by atoms with Crippen LogP contribution in [0.1, 0.15) is 35.1 Å². The summed E-state index contributed by atoms with van der Waals surface area (Å²) in [5.74, 6) is -1.89. The zero-order valence-corrected chi connectivity index (χ0v) is 25.8. The summed E-state index contributed by atoms with van der Waals surface area (Å²) >= 11 is 0. The van der Waals surface area contributed by atoms with E-state index in [1.165, 1.54) is 14.0 Å². The van der Waals surface area contributed by atoms with Crippen LogP contribution in [0.2, 0.25) is 0 Å². The van der Waals surface area contributed by atoms with Crippen molar-refractivity contribution in [1.29, 1.82) is 0 Å². The molecule has 9 heteroatoms. The molecule has 3 N–H and O–H groups in total. The monoisotopic (exact) mass is 619 g/mol. The van der Waals surface area contributed by atoms with Crippen LogP contribution in [0, 0.1) is 0 Å². The Morgan fingerprint density at radius 1 is 0.630 bits per heavy atom. The Labute approximate surface area is 268 Å². The van der Waals surface area contributed by atoms with Crippen LogP contribution in [0.15, 0.2) is 109 Å². The lowest BCUT2D eigenvalue weighted by Gasteiger charge is -2.24. The van der Waals surface area contributed by atoms with E-state index in [1.807, 2.05) is 97.1 Å². The minimum atomic E-state index is -1.05. The van der Waals surface area contributed by atoms with Gasteiger partial charge in [0.15, 0.2) is 0 Å². The Kier molecular flexibility index (Phi) is 10.4. The molecule has 9 nitrogen and oxygen atoms in total. The highest BCUT2D eigenvalue weighted by Crippen LogP contribution is 2.44. The molecule has 3 amide bonds. The first-order valence-electron chi connectivity index (χ1n) is 15.2. The van der Waals surface area contributed by atoms with E-state index in [-0.39, 0.29) is 25.4 Å². The molecule has 0 unspecified atom stereocenters. The van der Waals surface area contributed by atoms with Gasteiger partial charge >= 0.3 is 12.1 Å². The number of hydrogen-bond donors (Lipinski definition) is 3. The average Bonchev–Trinajstić information content (AvgIpc) is 3.40. The third-order valence-corrected chi connectivity index (χ3v) is 8.06. The molecule has 1 aliphatic rings. The van der Waals surface area contributed by atoms with E-state index >= 15 is 0 Å². The lowest BCUT2D eigenvalue weighted by atomic mass is 9.98. The fourth-order valence-electron chi connectivity index (χ4n) is 5.72. The van der Waals surface area contributed by atoms with Crippen molar-refractivity contribution >= 4 is 23.9 Å². The Bertz CT molecular complexity index is 1630. The van der Waals surface area contributed by atoms with Gasteiger partial charge in [-0.2, -0.15) is 0 Å². The third-order valence-electron chi connectivity index (χ3n) is 8.06. The number of fused-ring (bicyclic) bond motifs is 3. The quantitative estimate of drug-likeness (QED) is 0.200. The summed E-state index contributed by atoms with van der Waals surface area (Å²) in [6, 6.07) is 31.5. The zero-order valence-electron chi connectivity index (χ0n) is 25.8. The second-order valence-corrected chi connectivity index (χ2v) is 11.2. The number of methoxy groups -OCH3 is 1.